The number of benzene rings is 2. The van der Waals surface area contributed by atoms with Gasteiger partial charge in [-0.2, -0.15) is 0 Å². The molecule has 0 aliphatic heterocycles. The minimum atomic E-state index is -0.412. The fraction of sp³-hybridized carbons (Fsp3) is 0.250. The fourth-order valence-electron chi connectivity index (χ4n) is 3.12. The molecular formula is C24H26N2O3. The largest absolute Gasteiger partial charge is 0.491 e. The lowest BCUT2D eigenvalue weighted by atomic mass is 10.1. The molecule has 0 saturated heterocycles. The van der Waals surface area contributed by atoms with Crippen LogP contribution in [0.25, 0.3) is 11.3 Å². The van der Waals surface area contributed by atoms with Gasteiger partial charge in [-0.15, -0.1) is 0 Å². The van der Waals surface area contributed by atoms with Crippen molar-refractivity contribution in [2.45, 2.75) is 39.8 Å². The van der Waals surface area contributed by atoms with Gasteiger partial charge in [-0.1, -0.05) is 35.9 Å². The van der Waals surface area contributed by atoms with Crippen molar-refractivity contribution in [1.29, 1.82) is 0 Å². The van der Waals surface area contributed by atoms with E-state index in [2.05, 4.69) is 10.3 Å². The molecule has 0 spiro atoms. The predicted molar refractivity (Wildman–Crippen MR) is 115 cm³/mol. The molecule has 3 rings (SSSR count). The van der Waals surface area contributed by atoms with Crippen LogP contribution in [-0.2, 0) is 0 Å². The molecule has 150 valence electrons. The van der Waals surface area contributed by atoms with E-state index >= 15 is 0 Å². The molecule has 29 heavy (non-hydrogen) atoms. The van der Waals surface area contributed by atoms with Crippen molar-refractivity contribution in [3.8, 4) is 17.0 Å². The van der Waals surface area contributed by atoms with Gasteiger partial charge in [0.2, 0.25) is 0 Å². The number of ether oxygens (including phenoxy) is 1. The monoisotopic (exact) mass is 390 g/mol. The first-order valence-electron chi connectivity index (χ1n) is 9.71. The molecule has 0 aliphatic rings. The first-order chi connectivity index (χ1) is 13.8. The van der Waals surface area contributed by atoms with Crippen molar-refractivity contribution in [2.24, 2.45) is 0 Å². The molecule has 0 radical (unpaired) electrons. The normalized spacial score (nSPS) is 11.9. The van der Waals surface area contributed by atoms with E-state index in [0.717, 1.165) is 22.4 Å². The number of hydrogen-bond acceptors (Lipinski definition) is 3. The number of rotatable bonds is 6. The predicted octanol–water partition coefficient (Wildman–Crippen LogP) is 4.63. The molecule has 1 aromatic heterocycles. The molecule has 0 bridgehead atoms. The number of aromatic nitrogens is 1. The van der Waals surface area contributed by atoms with Gasteiger partial charge in [0, 0.05) is 5.69 Å². The standard InChI is InChI=1S/C24H26N2O3/c1-15(2)29-20-10-6-8-18(14-20)17(4)25-23(27)21-11-12-22(26-24(21)28)19-9-5-7-16(3)13-19/h5-15,17H,1-4H3,(H,25,27)(H,26,28). The number of aryl methyl sites for hydroxylation is 1. The Hall–Kier alpha value is -3.34. The summed E-state index contributed by atoms with van der Waals surface area (Å²) in [5.74, 6) is 0.337. The zero-order valence-corrected chi connectivity index (χ0v) is 17.2. The van der Waals surface area contributed by atoms with Crippen molar-refractivity contribution in [1.82, 2.24) is 10.3 Å². The van der Waals surface area contributed by atoms with Crippen LogP contribution in [0.3, 0.4) is 0 Å². The fourth-order valence-corrected chi connectivity index (χ4v) is 3.12. The van der Waals surface area contributed by atoms with E-state index in [1.54, 1.807) is 12.1 Å². The van der Waals surface area contributed by atoms with Crippen LogP contribution < -0.4 is 15.6 Å². The van der Waals surface area contributed by atoms with Crippen LogP contribution in [0, 0.1) is 6.92 Å². The highest BCUT2D eigenvalue weighted by Gasteiger charge is 2.16. The van der Waals surface area contributed by atoms with Gasteiger partial charge in [0.15, 0.2) is 0 Å². The molecule has 5 heteroatoms. The van der Waals surface area contributed by atoms with Gasteiger partial charge in [-0.05, 0) is 69.2 Å². The Balaban J connectivity index is 1.76. The molecule has 2 aromatic carbocycles. The molecule has 1 heterocycles. The Morgan fingerprint density at radius 3 is 2.45 bits per heavy atom. The topological polar surface area (TPSA) is 71.2 Å². The van der Waals surface area contributed by atoms with Crippen molar-refractivity contribution in [3.05, 3.63) is 87.7 Å². The van der Waals surface area contributed by atoms with Crippen LogP contribution in [0.1, 0.15) is 48.3 Å². The van der Waals surface area contributed by atoms with E-state index in [1.165, 1.54) is 0 Å². The van der Waals surface area contributed by atoms with Crippen molar-refractivity contribution in [2.75, 3.05) is 0 Å². The molecule has 0 aliphatic carbocycles. The Labute approximate surface area is 170 Å². The highest BCUT2D eigenvalue weighted by molar-refractivity contribution is 5.94. The summed E-state index contributed by atoms with van der Waals surface area (Å²) in [5.41, 5.74) is 3.27. The number of carbonyl (C=O) groups excluding carboxylic acids is 1. The second-order valence-corrected chi connectivity index (χ2v) is 7.42. The number of carbonyl (C=O) groups is 1. The van der Waals surface area contributed by atoms with E-state index < -0.39 is 11.5 Å². The first kappa shape index (κ1) is 20.4. The summed E-state index contributed by atoms with van der Waals surface area (Å²) in [4.78, 5) is 28.0. The van der Waals surface area contributed by atoms with Crippen LogP contribution >= 0.6 is 0 Å². The molecule has 5 nitrogen and oxygen atoms in total. The van der Waals surface area contributed by atoms with Crippen molar-refractivity contribution in [3.63, 3.8) is 0 Å². The number of nitrogens with one attached hydrogen (secondary N) is 2. The SMILES string of the molecule is Cc1cccc(-c2ccc(C(=O)NC(C)c3cccc(OC(C)C)c3)c(=O)[nH]2)c1. The maximum Gasteiger partial charge on any atom is 0.261 e. The zero-order valence-electron chi connectivity index (χ0n) is 17.2. The summed E-state index contributed by atoms with van der Waals surface area (Å²) >= 11 is 0. The minimum absolute atomic E-state index is 0.0700. The quantitative estimate of drug-likeness (QED) is 0.645. The van der Waals surface area contributed by atoms with Gasteiger partial charge in [0.25, 0.3) is 11.5 Å². The van der Waals surface area contributed by atoms with Gasteiger partial charge in [-0.3, -0.25) is 9.59 Å². The van der Waals surface area contributed by atoms with Crippen LogP contribution in [-0.4, -0.2) is 17.0 Å². The van der Waals surface area contributed by atoms with Gasteiger partial charge in [-0.25, -0.2) is 0 Å². The van der Waals surface area contributed by atoms with E-state index in [4.69, 9.17) is 4.74 Å². The van der Waals surface area contributed by atoms with Crippen LogP contribution in [0.15, 0.2) is 65.5 Å². The molecule has 2 N–H and O–H groups in total. The maximum absolute atomic E-state index is 12.7. The third kappa shape index (κ3) is 5.13. The summed E-state index contributed by atoms with van der Waals surface area (Å²) in [5, 5.41) is 2.89. The molecule has 1 atom stereocenters. The number of amides is 1. The number of pyridine rings is 1. The second kappa shape index (κ2) is 8.78. The first-order valence-corrected chi connectivity index (χ1v) is 9.71. The highest BCUT2D eigenvalue weighted by Crippen LogP contribution is 2.21. The van der Waals surface area contributed by atoms with Crippen LogP contribution in [0.5, 0.6) is 5.75 Å². The lowest BCUT2D eigenvalue weighted by molar-refractivity contribution is 0.0938. The maximum atomic E-state index is 12.7. The highest BCUT2D eigenvalue weighted by atomic mass is 16.5. The van der Waals surface area contributed by atoms with E-state index in [0.29, 0.717) is 5.69 Å². The Kier molecular flexibility index (Phi) is 6.17. The van der Waals surface area contributed by atoms with E-state index in [1.807, 2.05) is 76.2 Å². The van der Waals surface area contributed by atoms with E-state index in [-0.39, 0.29) is 17.7 Å². The minimum Gasteiger partial charge on any atom is -0.491 e. The van der Waals surface area contributed by atoms with Crippen LogP contribution in [0.2, 0.25) is 0 Å². The lowest BCUT2D eigenvalue weighted by Gasteiger charge is -2.16. The van der Waals surface area contributed by atoms with Crippen LogP contribution in [0.4, 0.5) is 0 Å². The summed E-state index contributed by atoms with van der Waals surface area (Å²) in [6, 6.07) is 18.5. The summed E-state index contributed by atoms with van der Waals surface area (Å²) in [6.07, 6.45) is 0.0700. The Morgan fingerprint density at radius 2 is 1.76 bits per heavy atom. The summed E-state index contributed by atoms with van der Waals surface area (Å²) < 4.78 is 5.71. The summed E-state index contributed by atoms with van der Waals surface area (Å²) in [6.45, 7) is 7.79. The number of H-pyrrole nitrogens is 1. The molecule has 0 saturated carbocycles. The van der Waals surface area contributed by atoms with Crippen molar-refractivity contribution < 1.29 is 9.53 Å². The second-order valence-electron chi connectivity index (χ2n) is 7.42. The average molecular weight is 390 g/mol. The van der Waals surface area contributed by atoms with Gasteiger partial charge in [0.05, 0.1) is 12.1 Å². The molecular weight excluding hydrogens is 364 g/mol. The molecule has 0 fully saturated rings. The summed E-state index contributed by atoms with van der Waals surface area (Å²) in [7, 11) is 0. The molecule has 1 amide bonds. The molecule has 3 aromatic rings. The van der Waals surface area contributed by atoms with Gasteiger partial charge in [0.1, 0.15) is 11.3 Å². The third-order valence-electron chi connectivity index (χ3n) is 4.56. The smallest absolute Gasteiger partial charge is 0.261 e. The number of aromatic amines is 1. The van der Waals surface area contributed by atoms with Crippen molar-refractivity contribution >= 4 is 5.91 Å². The molecule has 1 unspecified atom stereocenters. The number of hydrogen-bond donors (Lipinski definition) is 2. The van der Waals surface area contributed by atoms with Gasteiger partial charge >= 0.3 is 0 Å². The lowest BCUT2D eigenvalue weighted by Crippen LogP contribution is -2.31. The third-order valence-corrected chi connectivity index (χ3v) is 4.56. The van der Waals surface area contributed by atoms with E-state index in [9.17, 15) is 9.59 Å². The average Bonchev–Trinajstić information content (AvgIpc) is 2.67. The Bertz CT molecular complexity index is 1070. The Morgan fingerprint density at radius 1 is 1.00 bits per heavy atom. The zero-order chi connectivity index (χ0) is 21.0. The van der Waals surface area contributed by atoms with Gasteiger partial charge < -0.3 is 15.0 Å².